The van der Waals surface area contributed by atoms with Crippen molar-refractivity contribution in [3.63, 3.8) is 0 Å². The summed E-state index contributed by atoms with van der Waals surface area (Å²) < 4.78 is 0. The van der Waals surface area contributed by atoms with Gasteiger partial charge >= 0.3 is 0 Å². The van der Waals surface area contributed by atoms with E-state index in [2.05, 4.69) is 10.6 Å². The molecule has 2 saturated carbocycles. The number of nitrogens with one attached hydrogen (secondary N) is 2. The van der Waals surface area contributed by atoms with Crippen molar-refractivity contribution < 1.29 is 14.7 Å². The van der Waals surface area contributed by atoms with Gasteiger partial charge in [-0.2, -0.15) is 0 Å². The molecule has 0 radical (unpaired) electrons. The highest BCUT2D eigenvalue weighted by Crippen LogP contribution is 2.27. The molecule has 0 saturated heterocycles. The summed E-state index contributed by atoms with van der Waals surface area (Å²) in [7, 11) is 0. The van der Waals surface area contributed by atoms with Gasteiger partial charge in [-0.1, -0.05) is 36.8 Å². The molecule has 2 aliphatic rings. The Balaban J connectivity index is 1.52. The quantitative estimate of drug-likeness (QED) is 0.773. The Kier molecular flexibility index (Phi) is 4.96. The van der Waals surface area contributed by atoms with Crippen LogP contribution in [-0.4, -0.2) is 29.0 Å². The number of benzene rings is 1. The Labute approximate surface area is 136 Å². The third-order valence-electron chi connectivity index (χ3n) is 4.68. The van der Waals surface area contributed by atoms with Gasteiger partial charge in [0.15, 0.2) is 6.10 Å². The fourth-order valence-corrected chi connectivity index (χ4v) is 3.17. The van der Waals surface area contributed by atoms with Crippen molar-refractivity contribution in [2.75, 3.05) is 0 Å². The van der Waals surface area contributed by atoms with Crippen molar-refractivity contribution >= 4 is 11.8 Å². The average Bonchev–Trinajstić information content (AvgIpc) is 3.39. The fourth-order valence-electron chi connectivity index (χ4n) is 3.17. The molecule has 3 N–H and O–H groups in total. The lowest BCUT2D eigenvalue weighted by molar-refractivity contribution is -0.132. The number of hydrogen-bond donors (Lipinski definition) is 3. The summed E-state index contributed by atoms with van der Waals surface area (Å²) in [5.74, 6) is -0.289. The molecule has 0 unspecified atom stereocenters. The average molecular weight is 316 g/mol. The molecule has 1 aromatic rings. The predicted octanol–water partition coefficient (Wildman–Crippen LogP) is 1.67. The second kappa shape index (κ2) is 7.13. The second-order valence-electron chi connectivity index (χ2n) is 6.67. The Morgan fingerprint density at radius 2 is 1.74 bits per heavy atom. The van der Waals surface area contributed by atoms with Gasteiger partial charge in [0, 0.05) is 18.0 Å². The monoisotopic (exact) mass is 316 g/mol. The lowest BCUT2D eigenvalue weighted by Crippen LogP contribution is -2.44. The van der Waals surface area contributed by atoms with E-state index in [0.29, 0.717) is 18.0 Å². The van der Waals surface area contributed by atoms with E-state index in [9.17, 15) is 14.7 Å². The van der Waals surface area contributed by atoms with Gasteiger partial charge in [0.05, 0.1) is 0 Å². The maximum absolute atomic E-state index is 12.2. The van der Waals surface area contributed by atoms with Crippen molar-refractivity contribution in [2.45, 2.75) is 56.7 Å². The van der Waals surface area contributed by atoms with Gasteiger partial charge in [0.1, 0.15) is 0 Å². The molecule has 0 heterocycles. The summed E-state index contributed by atoms with van der Waals surface area (Å²) in [6, 6.07) is 9.24. The van der Waals surface area contributed by atoms with Crippen molar-refractivity contribution in [1.82, 2.24) is 10.6 Å². The van der Waals surface area contributed by atoms with E-state index in [1.165, 1.54) is 0 Å². The van der Waals surface area contributed by atoms with E-state index in [1.807, 2.05) is 6.07 Å². The molecule has 5 nitrogen and oxygen atoms in total. The summed E-state index contributed by atoms with van der Waals surface area (Å²) in [5.41, 5.74) is 0.587. The van der Waals surface area contributed by atoms with Crippen LogP contribution in [-0.2, 0) is 9.59 Å². The number of aliphatic hydroxyl groups excluding tert-OH is 1. The van der Waals surface area contributed by atoms with Crippen molar-refractivity contribution in [3.05, 3.63) is 35.9 Å². The number of hydrogen-bond acceptors (Lipinski definition) is 3. The molecular weight excluding hydrogens is 292 g/mol. The smallest absolute Gasteiger partial charge is 0.253 e. The van der Waals surface area contributed by atoms with Gasteiger partial charge in [-0.15, -0.1) is 0 Å². The predicted molar refractivity (Wildman–Crippen MR) is 86.5 cm³/mol. The van der Waals surface area contributed by atoms with Crippen molar-refractivity contribution in [3.8, 4) is 0 Å². The number of aliphatic hydroxyl groups is 1. The SMILES string of the molecule is O=C(NC1CC1)[C@@H]1CCC[C@@H](NC(=O)[C@@H](O)c2ccccc2)C1. The summed E-state index contributed by atoms with van der Waals surface area (Å²) in [6.07, 6.45) is 4.34. The van der Waals surface area contributed by atoms with Crippen LogP contribution in [0.2, 0.25) is 0 Å². The topological polar surface area (TPSA) is 78.4 Å². The van der Waals surface area contributed by atoms with Crippen molar-refractivity contribution in [2.24, 2.45) is 5.92 Å². The first kappa shape index (κ1) is 16.0. The van der Waals surface area contributed by atoms with E-state index >= 15 is 0 Å². The summed E-state index contributed by atoms with van der Waals surface area (Å²) in [4.78, 5) is 24.4. The number of rotatable bonds is 5. The fraction of sp³-hybridized carbons (Fsp3) is 0.556. The Morgan fingerprint density at radius 1 is 1.00 bits per heavy atom. The second-order valence-corrected chi connectivity index (χ2v) is 6.67. The molecule has 124 valence electrons. The van der Waals surface area contributed by atoms with Crippen LogP contribution in [0.3, 0.4) is 0 Å². The molecule has 2 amide bonds. The maximum Gasteiger partial charge on any atom is 0.253 e. The van der Waals surface area contributed by atoms with Crippen LogP contribution in [0.5, 0.6) is 0 Å². The molecule has 0 aromatic heterocycles. The van der Waals surface area contributed by atoms with Crippen LogP contribution < -0.4 is 10.6 Å². The molecule has 0 aliphatic heterocycles. The molecule has 1 aromatic carbocycles. The summed E-state index contributed by atoms with van der Waals surface area (Å²) in [5, 5.41) is 16.1. The van der Waals surface area contributed by atoms with E-state index in [-0.39, 0.29) is 23.8 Å². The van der Waals surface area contributed by atoms with Gasteiger partial charge in [0.25, 0.3) is 5.91 Å². The van der Waals surface area contributed by atoms with E-state index in [0.717, 1.165) is 32.1 Å². The Bertz CT molecular complexity index is 557. The Hall–Kier alpha value is -1.88. The third-order valence-corrected chi connectivity index (χ3v) is 4.68. The van der Waals surface area contributed by atoms with Gasteiger partial charge in [0.2, 0.25) is 5.91 Å². The van der Waals surface area contributed by atoms with Crippen LogP contribution >= 0.6 is 0 Å². The van der Waals surface area contributed by atoms with E-state index in [1.54, 1.807) is 24.3 Å². The van der Waals surface area contributed by atoms with E-state index < -0.39 is 6.10 Å². The third kappa shape index (κ3) is 4.32. The lowest BCUT2D eigenvalue weighted by Gasteiger charge is -2.29. The van der Waals surface area contributed by atoms with Crippen molar-refractivity contribution in [1.29, 1.82) is 0 Å². The highest BCUT2D eigenvalue weighted by Gasteiger charge is 2.32. The van der Waals surface area contributed by atoms with Crippen LogP contribution in [0.4, 0.5) is 0 Å². The highest BCUT2D eigenvalue weighted by molar-refractivity contribution is 5.82. The minimum Gasteiger partial charge on any atom is -0.378 e. The van der Waals surface area contributed by atoms with E-state index in [4.69, 9.17) is 0 Å². The van der Waals surface area contributed by atoms with Crippen LogP contribution in [0.15, 0.2) is 30.3 Å². The summed E-state index contributed by atoms with van der Waals surface area (Å²) in [6.45, 7) is 0. The largest absolute Gasteiger partial charge is 0.378 e. The lowest BCUT2D eigenvalue weighted by atomic mass is 9.85. The molecule has 3 atom stereocenters. The first-order valence-electron chi connectivity index (χ1n) is 8.47. The molecule has 0 spiro atoms. The number of carbonyl (C=O) groups is 2. The van der Waals surface area contributed by atoms with Gasteiger partial charge < -0.3 is 15.7 Å². The zero-order valence-corrected chi connectivity index (χ0v) is 13.2. The normalized spacial score (nSPS) is 25.4. The molecule has 0 bridgehead atoms. The van der Waals surface area contributed by atoms with Gasteiger partial charge in [-0.3, -0.25) is 9.59 Å². The first-order valence-corrected chi connectivity index (χ1v) is 8.47. The minimum absolute atomic E-state index is 0.0245. The number of carbonyl (C=O) groups excluding carboxylic acids is 2. The first-order chi connectivity index (χ1) is 11.1. The zero-order chi connectivity index (χ0) is 16.2. The maximum atomic E-state index is 12.2. The minimum atomic E-state index is -1.16. The molecule has 2 aliphatic carbocycles. The van der Waals surface area contributed by atoms with Crippen LogP contribution in [0.1, 0.15) is 50.2 Å². The molecule has 3 rings (SSSR count). The highest BCUT2D eigenvalue weighted by atomic mass is 16.3. The van der Waals surface area contributed by atoms with Gasteiger partial charge in [-0.05, 0) is 37.7 Å². The molecule has 5 heteroatoms. The molecule has 23 heavy (non-hydrogen) atoms. The van der Waals surface area contributed by atoms with Crippen LogP contribution in [0.25, 0.3) is 0 Å². The molecular formula is C18H24N2O3. The summed E-state index contributed by atoms with van der Waals surface area (Å²) >= 11 is 0. The standard InChI is InChI=1S/C18H24N2O3/c21-16(12-5-2-1-3-6-12)18(23)20-15-8-4-7-13(11-15)17(22)19-14-9-10-14/h1-3,5-6,13-16,21H,4,7-11H2,(H,19,22)(H,20,23)/t13-,15-,16+/m1/s1. The van der Waals surface area contributed by atoms with Gasteiger partial charge in [-0.25, -0.2) is 0 Å². The number of amides is 2. The van der Waals surface area contributed by atoms with Crippen LogP contribution in [0, 0.1) is 5.92 Å². The Morgan fingerprint density at radius 3 is 2.43 bits per heavy atom. The zero-order valence-electron chi connectivity index (χ0n) is 13.2. The molecule has 2 fully saturated rings.